The summed E-state index contributed by atoms with van der Waals surface area (Å²) in [7, 11) is 0. The predicted octanol–water partition coefficient (Wildman–Crippen LogP) is 1.94. The zero-order chi connectivity index (χ0) is 21.2. The van der Waals surface area contributed by atoms with Crippen LogP contribution in [-0.2, 0) is 4.79 Å². The zero-order valence-electron chi connectivity index (χ0n) is 19.2. The molecule has 0 aliphatic carbocycles. The van der Waals surface area contributed by atoms with Crippen LogP contribution in [0.15, 0.2) is 0 Å². The normalized spacial score (nSPS) is 24.2. The number of carbonyl (C=O) groups is 2. The van der Waals surface area contributed by atoms with E-state index in [0.717, 1.165) is 70.5 Å². The van der Waals surface area contributed by atoms with E-state index in [0.29, 0.717) is 13.1 Å². The molecule has 2 aliphatic rings. The molecular formula is C22H43N5O2. The van der Waals surface area contributed by atoms with Crippen molar-refractivity contribution in [1.29, 1.82) is 0 Å². The highest BCUT2D eigenvalue weighted by Crippen LogP contribution is 2.20. The number of rotatable bonds is 8. The average molecular weight is 410 g/mol. The largest absolute Gasteiger partial charge is 0.342 e. The fourth-order valence-electron chi connectivity index (χ4n) is 4.78. The molecular weight excluding hydrogens is 366 g/mol. The Morgan fingerprint density at radius 3 is 2.31 bits per heavy atom. The highest BCUT2D eigenvalue weighted by Gasteiger charge is 2.23. The summed E-state index contributed by atoms with van der Waals surface area (Å²) in [6.45, 7) is 18.0. The minimum Gasteiger partial charge on any atom is -0.342 e. The third-order valence-corrected chi connectivity index (χ3v) is 6.22. The van der Waals surface area contributed by atoms with Crippen molar-refractivity contribution in [2.24, 2.45) is 11.8 Å². The Kier molecular flexibility index (Phi) is 10.2. The number of likely N-dealkylation sites (N-methyl/N-ethyl adjacent to an activating group) is 1. The van der Waals surface area contributed by atoms with Crippen LogP contribution in [0.2, 0.25) is 0 Å². The number of nitrogens with zero attached hydrogens (tertiary/aromatic N) is 4. The van der Waals surface area contributed by atoms with Gasteiger partial charge in [0.1, 0.15) is 0 Å². The van der Waals surface area contributed by atoms with Crippen LogP contribution >= 0.6 is 0 Å². The number of carbonyl (C=O) groups excluding carboxylic acids is 2. The monoisotopic (exact) mass is 409 g/mol. The Bertz CT molecular complexity index is 501. The molecule has 0 aromatic carbocycles. The molecule has 2 unspecified atom stereocenters. The maximum Gasteiger partial charge on any atom is 0.317 e. The molecule has 2 saturated heterocycles. The van der Waals surface area contributed by atoms with Gasteiger partial charge >= 0.3 is 6.03 Å². The van der Waals surface area contributed by atoms with Crippen molar-refractivity contribution in [2.45, 2.75) is 47.0 Å². The van der Waals surface area contributed by atoms with E-state index in [2.05, 4.69) is 29.0 Å². The van der Waals surface area contributed by atoms with E-state index in [-0.39, 0.29) is 11.9 Å². The summed E-state index contributed by atoms with van der Waals surface area (Å²) in [6.07, 6.45) is 3.26. The first kappa shape index (κ1) is 23.9. The van der Waals surface area contributed by atoms with E-state index in [4.69, 9.17) is 0 Å². The van der Waals surface area contributed by atoms with Crippen LogP contribution in [0.1, 0.15) is 47.0 Å². The molecule has 1 N–H and O–H groups in total. The van der Waals surface area contributed by atoms with Crippen LogP contribution in [0, 0.1) is 11.8 Å². The summed E-state index contributed by atoms with van der Waals surface area (Å²) >= 11 is 0. The van der Waals surface area contributed by atoms with Crippen molar-refractivity contribution in [3.05, 3.63) is 0 Å². The molecule has 0 radical (unpaired) electrons. The molecule has 0 bridgehead atoms. The van der Waals surface area contributed by atoms with Gasteiger partial charge in [0.15, 0.2) is 0 Å². The van der Waals surface area contributed by atoms with E-state index in [1.54, 1.807) is 0 Å². The number of likely N-dealkylation sites (tertiary alicyclic amines) is 1. The second kappa shape index (κ2) is 12.4. The van der Waals surface area contributed by atoms with Gasteiger partial charge in [-0.3, -0.25) is 9.69 Å². The minimum atomic E-state index is 0.0438. The molecule has 2 aliphatic heterocycles. The molecule has 7 heteroatoms. The second-order valence-corrected chi connectivity index (χ2v) is 8.97. The number of amides is 3. The lowest BCUT2D eigenvalue weighted by molar-refractivity contribution is -0.132. The van der Waals surface area contributed by atoms with E-state index >= 15 is 0 Å². The molecule has 2 fully saturated rings. The zero-order valence-corrected chi connectivity index (χ0v) is 19.2. The molecule has 2 atom stereocenters. The van der Waals surface area contributed by atoms with Gasteiger partial charge in [0.25, 0.3) is 0 Å². The Labute approximate surface area is 177 Å². The Hall–Kier alpha value is -1.34. The molecule has 3 amide bonds. The topological polar surface area (TPSA) is 59.1 Å². The summed E-state index contributed by atoms with van der Waals surface area (Å²) in [5.74, 6) is 1.75. The van der Waals surface area contributed by atoms with Gasteiger partial charge in [-0.1, -0.05) is 13.8 Å². The van der Waals surface area contributed by atoms with Crippen LogP contribution < -0.4 is 5.32 Å². The van der Waals surface area contributed by atoms with Crippen LogP contribution in [0.4, 0.5) is 4.79 Å². The fourth-order valence-corrected chi connectivity index (χ4v) is 4.78. The Morgan fingerprint density at radius 2 is 1.66 bits per heavy atom. The smallest absolute Gasteiger partial charge is 0.317 e. The van der Waals surface area contributed by atoms with E-state index < -0.39 is 0 Å². The SMILES string of the molecule is CCN(CC)C(=O)CN1CCCN(C(=O)NCCCN2CC(C)CC(C)C2)CC1. The van der Waals surface area contributed by atoms with Crippen LogP contribution in [-0.4, -0.2) is 104 Å². The maximum atomic E-state index is 12.5. The Balaban J connectivity index is 1.65. The first-order valence-corrected chi connectivity index (χ1v) is 11.7. The van der Waals surface area contributed by atoms with Gasteiger partial charge in [-0.15, -0.1) is 0 Å². The lowest BCUT2D eigenvalue weighted by atomic mass is 9.92. The van der Waals surface area contributed by atoms with Crippen LogP contribution in [0.3, 0.4) is 0 Å². The fraction of sp³-hybridized carbons (Fsp3) is 0.909. The van der Waals surface area contributed by atoms with Gasteiger partial charge < -0.3 is 20.0 Å². The summed E-state index contributed by atoms with van der Waals surface area (Å²) in [5.41, 5.74) is 0. The van der Waals surface area contributed by atoms with Crippen molar-refractivity contribution < 1.29 is 9.59 Å². The first-order valence-electron chi connectivity index (χ1n) is 11.7. The number of hydrogen-bond donors (Lipinski definition) is 1. The van der Waals surface area contributed by atoms with Crippen molar-refractivity contribution in [2.75, 3.05) is 72.0 Å². The molecule has 168 valence electrons. The standard InChI is InChI=1S/C22H43N5O2/c1-5-26(6-2)21(28)18-24-11-8-12-27(14-13-24)22(29)23-9-7-10-25-16-19(3)15-20(4)17-25/h19-20H,5-18H2,1-4H3,(H,23,29). The predicted molar refractivity (Wildman–Crippen MR) is 118 cm³/mol. The van der Waals surface area contributed by atoms with E-state index in [9.17, 15) is 9.59 Å². The van der Waals surface area contributed by atoms with Gasteiger partial charge in [-0.05, 0) is 51.5 Å². The summed E-state index contributed by atoms with van der Waals surface area (Å²) in [5, 5.41) is 3.10. The molecule has 0 aromatic heterocycles. The lowest BCUT2D eigenvalue weighted by Gasteiger charge is -2.35. The van der Waals surface area contributed by atoms with Gasteiger partial charge in [0.05, 0.1) is 6.54 Å². The number of piperidine rings is 1. The third kappa shape index (κ3) is 8.13. The van der Waals surface area contributed by atoms with E-state index in [1.165, 1.54) is 19.5 Å². The van der Waals surface area contributed by atoms with Gasteiger partial charge in [0.2, 0.25) is 5.91 Å². The first-order chi connectivity index (χ1) is 13.9. The molecule has 7 nitrogen and oxygen atoms in total. The third-order valence-electron chi connectivity index (χ3n) is 6.22. The number of nitrogens with one attached hydrogen (secondary N) is 1. The van der Waals surface area contributed by atoms with Gasteiger partial charge in [-0.2, -0.15) is 0 Å². The highest BCUT2D eigenvalue weighted by molar-refractivity contribution is 5.78. The maximum absolute atomic E-state index is 12.5. The number of urea groups is 1. The van der Waals surface area contributed by atoms with Gasteiger partial charge in [0, 0.05) is 58.9 Å². The van der Waals surface area contributed by atoms with Crippen LogP contribution in [0.25, 0.3) is 0 Å². The molecule has 29 heavy (non-hydrogen) atoms. The number of hydrogen-bond acceptors (Lipinski definition) is 4. The summed E-state index contributed by atoms with van der Waals surface area (Å²) in [4.78, 5) is 33.4. The molecule has 0 saturated carbocycles. The highest BCUT2D eigenvalue weighted by atomic mass is 16.2. The minimum absolute atomic E-state index is 0.0438. The Morgan fingerprint density at radius 1 is 0.966 bits per heavy atom. The average Bonchev–Trinajstić information content (AvgIpc) is 2.91. The van der Waals surface area contributed by atoms with Crippen molar-refractivity contribution >= 4 is 11.9 Å². The molecule has 2 rings (SSSR count). The van der Waals surface area contributed by atoms with Gasteiger partial charge in [-0.25, -0.2) is 4.79 Å². The van der Waals surface area contributed by atoms with Crippen molar-refractivity contribution in [1.82, 2.24) is 24.9 Å². The second-order valence-electron chi connectivity index (χ2n) is 8.97. The summed E-state index contributed by atoms with van der Waals surface area (Å²) < 4.78 is 0. The summed E-state index contributed by atoms with van der Waals surface area (Å²) in [6, 6.07) is 0.0438. The van der Waals surface area contributed by atoms with Crippen molar-refractivity contribution in [3.8, 4) is 0 Å². The lowest BCUT2D eigenvalue weighted by Crippen LogP contribution is -2.44. The molecule has 2 heterocycles. The quantitative estimate of drug-likeness (QED) is 0.623. The van der Waals surface area contributed by atoms with Crippen molar-refractivity contribution in [3.63, 3.8) is 0 Å². The molecule has 0 spiro atoms. The van der Waals surface area contributed by atoms with Crippen LogP contribution in [0.5, 0.6) is 0 Å². The molecule has 0 aromatic rings. The van der Waals surface area contributed by atoms with E-state index in [1.807, 2.05) is 23.6 Å².